The van der Waals surface area contributed by atoms with Crippen molar-refractivity contribution >= 4 is 10.8 Å². The van der Waals surface area contributed by atoms with Crippen molar-refractivity contribution in [1.29, 1.82) is 0 Å². The van der Waals surface area contributed by atoms with Crippen LogP contribution in [0.3, 0.4) is 0 Å². The Kier molecular flexibility index (Phi) is 4.45. The molecule has 0 radical (unpaired) electrons. The van der Waals surface area contributed by atoms with E-state index in [1.165, 1.54) is 44.3 Å². The summed E-state index contributed by atoms with van der Waals surface area (Å²) in [6.45, 7) is 11.2. The fourth-order valence-electron chi connectivity index (χ4n) is 3.69. The number of fused-ring (bicyclic) bond motifs is 1. The Balaban J connectivity index is 2.26. The van der Waals surface area contributed by atoms with Crippen LogP contribution in [0.4, 0.5) is 0 Å². The fourth-order valence-corrected chi connectivity index (χ4v) is 3.69. The highest BCUT2D eigenvalue weighted by molar-refractivity contribution is 5.89. The third-order valence-corrected chi connectivity index (χ3v) is 4.85. The van der Waals surface area contributed by atoms with Gasteiger partial charge in [0, 0.05) is 16.5 Å². The van der Waals surface area contributed by atoms with E-state index >= 15 is 0 Å². The van der Waals surface area contributed by atoms with Gasteiger partial charge in [-0.1, -0.05) is 43.7 Å². The monoisotopic (exact) mass is 318 g/mol. The van der Waals surface area contributed by atoms with E-state index < -0.39 is 0 Å². The van der Waals surface area contributed by atoms with Crippen LogP contribution in [0.1, 0.15) is 36.1 Å². The molecule has 1 nitrogen and oxygen atoms in total. The van der Waals surface area contributed by atoms with Crippen molar-refractivity contribution in [3.63, 3.8) is 0 Å². The second kappa shape index (κ2) is 6.39. The van der Waals surface area contributed by atoms with Crippen LogP contribution < -0.4 is 4.57 Å². The molecule has 24 heavy (non-hydrogen) atoms. The number of aryl methyl sites for hydroxylation is 4. The normalized spacial score (nSPS) is 11.5. The Bertz CT molecular complexity index is 904. The fraction of sp³-hybridized carbons (Fsp3) is 0.348. The van der Waals surface area contributed by atoms with E-state index in [4.69, 9.17) is 0 Å². The standard InChI is InChI=1S/C23H28N/c1-15(2)11-19-9-10-20-14-24(6)23(18(5)22(20)13-19)21-12-16(3)7-8-17(21)4/h7-10,12-15H,11H2,1-6H3/q+1. The minimum Gasteiger partial charge on any atom is -0.200 e. The van der Waals surface area contributed by atoms with Gasteiger partial charge in [0.15, 0.2) is 6.20 Å². The summed E-state index contributed by atoms with van der Waals surface area (Å²) in [6, 6.07) is 13.7. The van der Waals surface area contributed by atoms with Gasteiger partial charge in [-0.05, 0) is 61.8 Å². The summed E-state index contributed by atoms with van der Waals surface area (Å²) in [5, 5.41) is 2.69. The molecule has 1 aromatic heterocycles. The topological polar surface area (TPSA) is 3.88 Å². The Morgan fingerprint density at radius 1 is 0.958 bits per heavy atom. The van der Waals surface area contributed by atoms with E-state index in [0.717, 1.165) is 6.42 Å². The largest absolute Gasteiger partial charge is 0.216 e. The van der Waals surface area contributed by atoms with Crippen LogP contribution in [0.5, 0.6) is 0 Å². The molecule has 0 unspecified atom stereocenters. The number of nitrogens with zero attached hydrogens (tertiary/aromatic N) is 1. The lowest BCUT2D eigenvalue weighted by Gasteiger charge is -2.12. The third kappa shape index (κ3) is 3.08. The second-order valence-corrected chi connectivity index (χ2v) is 7.55. The number of aromatic nitrogens is 1. The first kappa shape index (κ1) is 16.7. The minimum absolute atomic E-state index is 0.682. The molecule has 3 aromatic rings. The summed E-state index contributed by atoms with van der Waals surface area (Å²) in [5.74, 6) is 0.682. The molecular weight excluding hydrogens is 290 g/mol. The molecule has 2 aromatic carbocycles. The molecule has 1 heteroatoms. The van der Waals surface area contributed by atoms with Crippen molar-refractivity contribution < 1.29 is 4.57 Å². The zero-order valence-corrected chi connectivity index (χ0v) is 15.8. The van der Waals surface area contributed by atoms with E-state index in [1.54, 1.807) is 0 Å². The number of benzene rings is 2. The lowest BCUT2D eigenvalue weighted by Crippen LogP contribution is -2.32. The predicted molar refractivity (Wildman–Crippen MR) is 103 cm³/mol. The summed E-state index contributed by atoms with van der Waals surface area (Å²) in [7, 11) is 2.16. The van der Waals surface area contributed by atoms with Gasteiger partial charge < -0.3 is 0 Å². The Hall–Kier alpha value is -2.15. The smallest absolute Gasteiger partial charge is 0.200 e. The van der Waals surface area contributed by atoms with Crippen molar-refractivity contribution in [2.24, 2.45) is 13.0 Å². The molecule has 3 rings (SSSR count). The SMILES string of the molecule is Cc1ccc(C)c(-c2c(C)c3cc(CC(C)C)ccc3c[n+]2C)c1. The van der Waals surface area contributed by atoms with E-state index in [1.807, 2.05) is 0 Å². The highest BCUT2D eigenvalue weighted by atomic mass is 14.9. The van der Waals surface area contributed by atoms with Crippen LogP contribution in [0.2, 0.25) is 0 Å². The van der Waals surface area contributed by atoms with Crippen molar-refractivity contribution in [2.45, 2.75) is 41.0 Å². The molecule has 0 aliphatic carbocycles. The molecule has 0 aliphatic heterocycles. The van der Waals surface area contributed by atoms with Crippen molar-refractivity contribution in [1.82, 2.24) is 0 Å². The van der Waals surface area contributed by atoms with Crippen molar-refractivity contribution in [2.75, 3.05) is 0 Å². The van der Waals surface area contributed by atoms with Gasteiger partial charge in [-0.3, -0.25) is 0 Å². The zero-order valence-electron chi connectivity index (χ0n) is 15.8. The van der Waals surface area contributed by atoms with Gasteiger partial charge in [0.1, 0.15) is 7.05 Å². The summed E-state index contributed by atoms with van der Waals surface area (Å²) >= 11 is 0. The van der Waals surface area contributed by atoms with Crippen LogP contribution in [0.25, 0.3) is 22.0 Å². The molecule has 0 saturated heterocycles. The Labute approximate surface area is 146 Å². The zero-order chi connectivity index (χ0) is 17.4. The molecule has 1 heterocycles. The third-order valence-electron chi connectivity index (χ3n) is 4.85. The summed E-state index contributed by atoms with van der Waals surface area (Å²) in [6.07, 6.45) is 3.40. The van der Waals surface area contributed by atoms with Gasteiger partial charge in [0.05, 0.1) is 0 Å². The summed E-state index contributed by atoms with van der Waals surface area (Å²) in [4.78, 5) is 0. The minimum atomic E-state index is 0.682. The first-order chi connectivity index (χ1) is 11.4. The molecule has 0 N–H and O–H groups in total. The maximum absolute atomic E-state index is 2.39. The quantitative estimate of drug-likeness (QED) is 0.565. The van der Waals surface area contributed by atoms with E-state index in [0.29, 0.717) is 5.92 Å². The number of hydrogen-bond acceptors (Lipinski definition) is 0. The molecule has 0 spiro atoms. The van der Waals surface area contributed by atoms with E-state index in [-0.39, 0.29) is 0 Å². The first-order valence-corrected chi connectivity index (χ1v) is 8.86. The summed E-state index contributed by atoms with van der Waals surface area (Å²) < 4.78 is 2.28. The Morgan fingerprint density at radius 3 is 2.42 bits per heavy atom. The maximum Gasteiger partial charge on any atom is 0.216 e. The number of hydrogen-bond donors (Lipinski definition) is 0. The van der Waals surface area contributed by atoms with Crippen LogP contribution in [0, 0.1) is 26.7 Å². The molecule has 0 saturated carbocycles. The van der Waals surface area contributed by atoms with Crippen LogP contribution >= 0.6 is 0 Å². The van der Waals surface area contributed by atoms with Gasteiger partial charge >= 0.3 is 0 Å². The van der Waals surface area contributed by atoms with Gasteiger partial charge in [0.2, 0.25) is 5.69 Å². The lowest BCUT2D eigenvalue weighted by atomic mass is 9.94. The van der Waals surface area contributed by atoms with Gasteiger partial charge in [-0.15, -0.1) is 0 Å². The molecule has 0 atom stereocenters. The molecule has 0 fully saturated rings. The first-order valence-electron chi connectivity index (χ1n) is 8.86. The van der Waals surface area contributed by atoms with Crippen LogP contribution in [0.15, 0.2) is 42.6 Å². The molecule has 0 amide bonds. The maximum atomic E-state index is 2.39. The molecule has 0 bridgehead atoms. The van der Waals surface area contributed by atoms with E-state index in [2.05, 4.69) is 88.8 Å². The average Bonchev–Trinajstić information content (AvgIpc) is 2.51. The second-order valence-electron chi connectivity index (χ2n) is 7.55. The molecule has 0 aliphatic rings. The Morgan fingerprint density at radius 2 is 1.71 bits per heavy atom. The van der Waals surface area contributed by atoms with E-state index in [9.17, 15) is 0 Å². The predicted octanol–water partition coefficient (Wildman–Crippen LogP) is 5.46. The van der Waals surface area contributed by atoms with Crippen LogP contribution in [-0.4, -0.2) is 0 Å². The summed E-state index contributed by atoms with van der Waals surface area (Å²) in [5.41, 5.74) is 8.10. The van der Waals surface area contributed by atoms with Gasteiger partial charge in [-0.25, -0.2) is 4.57 Å². The van der Waals surface area contributed by atoms with Gasteiger partial charge in [0.25, 0.3) is 0 Å². The van der Waals surface area contributed by atoms with Gasteiger partial charge in [-0.2, -0.15) is 0 Å². The highest BCUT2D eigenvalue weighted by Gasteiger charge is 2.19. The molecule has 124 valence electrons. The highest BCUT2D eigenvalue weighted by Crippen LogP contribution is 2.30. The number of pyridine rings is 1. The average molecular weight is 318 g/mol. The number of rotatable bonds is 3. The molecular formula is C23H28N+. The van der Waals surface area contributed by atoms with Crippen molar-refractivity contribution in [3.05, 3.63) is 64.8 Å². The van der Waals surface area contributed by atoms with Crippen molar-refractivity contribution in [3.8, 4) is 11.3 Å². The lowest BCUT2D eigenvalue weighted by molar-refractivity contribution is -0.659. The van der Waals surface area contributed by atoms with Crippen LogP contribution in [-0.2, 0) is 13.5 Å².